The first-order valence-electron chi connectivity index (χ1n) is 7.76. The maximum atomic E-state index is 11.5. The zero-order valence-corrected chi connectivity index (χ0v) is 14.3. The quantitative estimate of drug-likeness (QED) is 0.489. The molecule has 2 aromatic rings. The van der Waals surface area contributed by atoms with E-state index in [-0.39, 0.29) is 12.5 Å². The van der Waals surface area contributed by atoms with Crippen LogP contribution in [0.3, 0.4) is 0 Å². The summed E-state index contributed by atoms with van der Waals surface area (Å²) in [7, 11) is 1.22. The summed E-state index contributed by atoms with van der Waals surface area (Å²) < 4.78 is 6.08. The van der Waals surface area contributed by atoms with Crippen molar-refractivity contribution in [2.45, 2.75) is 38.7 Å². The number of anilines is 1. The van der Waals surface area contributed by atoms with Crippen LogP contribution in [0.1, 0.15) is 11.1 Å². The van der Waals surface area contributed by atoms with Gasteiger partial charge in [-0.1, -0.05) is 0 Å². The average molecular weight is 353 g/mol. The van der Waals surface area contributed by atoms with E-state index in [1.807, 2.05) is 26.0 Å². The molecule has 25 heavy (non-hydrogen) atoms. The molecule has 0 aliphatic heterocycles. The van der Waals surface area contributed by atoms with Gasteiger partial charge in [-0.15, -0.1) is 0 Å². The molecule has 1 aromatic heterocycles. The largest absolute Gasteiger partial charge is 0.453 e. The van der Waals surface area contributed by atoms with Crippen molar-refractivity contribution in [2.75, 3.05) is 19.0 Å². The van der Waals surface area contributed by atoms with Crippen LogP contribution >= 0.6 is 0 Å². The van der Waals surface area contributed by atoms with Gasteiger partial charge < -0.3 is 29.7 Å². The van der Waals surface area contributed by atoms with Gasteiger partial charge >= 0.3 is 6.09 Å². The number of rotatable bonds is 6. The summed E-state index contributed by atoms with van der Waals surface area (Å²) >= 11 is 0. The zero-order valence-electron chi connectivity index (χ0n) is 14.3. The van der Waals surface area contributed by atoms with Gasteiger partial charge in [-0.25, -0.2) is 9.78 Å². The molecule has 0 fully saturated rings. The Balaban J connectivity index is 2.45. The fourth-order valence-electron chi connectivity index (χ4n) is 2.46. The number of nitrogens with one attached hydrogen (secondary N) is 1. The van der Waals surface area contributed by atoms with Gasteiger partial charge in [0.1, 0.15) is 18.3 Å². The lowest BCUT2D eigenvalue weighted by Gasteiger charge is -2.22. The van der Waals surface area contributed by atoms with Crippen molar-refractivity contribution in [3.8, 4) is 0 Å². The summed E-state index contributed by atoms with van der Waals surface area (Å²) in [6.45, 7) is 3.00. The van der Waals surface area contributed by atoms with E-state index in [4.69, 9.17) is 5.11 Å². The molecule has 1 aromatic carbocycles. The minimum Gasteiger partial charge on any atom is -0.453 e. The van der Waals surface area contributed by atoms with Crippen molar-refractivity contribution in [1.29, 1.82) is 0 Å². The van der Waals surface area contributed by atoms with Gasteiger partial charge in [0.2, 0.25) is 5.95 Å². The molecule has 0 aliphatic carbocycles. The Labute approximate surface area is 144 Å². The molecule has 0 spiro atoms. The number of benzene rings is 1. The molecular formula is C16H23N3O6. The van der Waals surface area contributed by atoms with Crippen LogP contribution < -0.4 is 5.32 Å². The number of imidazole rings is 1. The van der Waals surface area contributed by atoms with Crippen molar-refractivity contribution in [1.82, 2.24) is 9.55 Å². The minimum atomic E-state index is -1.56. The number of carbonyl (C=O) groups is 1. The molecule has 9 heteroatoms. The lowest BCUT2D eigenvalue weighted by molar-refractivity contribution is -0.0801. The third-order valence-corrected chi connectivity index (χ3v) is 4.11. The first kappa shape index (κ1) is 19.1. The Hall–Kier alpha value is -2.20. The van der Waals surface area contributed by atoms with Crippen LogP contribution in [0.2, 0.25) is 0 Å². The Bertz CT molecular complexity index is 760. The topological polar surface area (TPSA) is 137 Å². The molecule has 2 rings (SSSR count). The van der Waals surface area contributed by atoms with Crippen molar-refractivity contribution >= 4 is 23.1 Å². The maximum Gasteiger partial charge on any atom is 0.413 e. The van der Waals surface area contributed by atoms with Gasteiger partial charge in [-0.2, -0.15) is 0 Å². The maximum absolute atomic E-state index is 11.5. The van der Waals surface area contributed by atoms with Crippen LogP contribution in [0.15, 0.2) is 12.1 Å². The van der Waals surface area contributed by atoms with Gasteiger partial charge in [0.05, 0.1) is 31.3 Å². The number of methoxy groups -OCH3 is 1. The Morgan fingerprint density at radius 3 is 2.48 bits per heavy atom. The highest BCUT2D eigenvalue weighted by Gasteiger charge is 2.26. The van der Waals surface area contributed by atoms with Crippen molar-refractivity contribution in [2.24, 2.45) is 0 Å². The number of hydrogen-bond donors (Lipinski definition) is 5. The van der Waals surface area contributed by atoms with E-state index in [0.717, 1.165) is 11.1 Å². The van der Waals surface area contributed by atoms with Crippen LogP contribution in [0.5, 0.6) is 0 Å². The number of hydrogen-bond acceptors (Lipinski definition) is 7. The SMILES string of the molecule is COC(=O)Nc1nc2cc(C)c(C)cc2n1C[C@H](O)[C@@H](O)[C@H](O)CO. The number of nitrogens with zero attached hydrogens (tertiary/aromatic N) is 2. The Kier molecular flexibility index (Phi) is 5.96. The highest BCUT2D eigenvalue weighted by molar-refractivity contribution is 5.87. The van der Waals surface area contributed by atoms with Crippen LogP contribution in [0.25, 0.3) is 11.0 Å². The van der Waals surface area contributed by atoms with Gasteiger partial charge in [-0.3, -0.25) is 5.32 Å². The predicted molar refractivity (Wildman–Crippen MR) is 90.3 cm³/mol. The number of ether oxygens (including phenoxy) is 1. The molecule has 9 nitrogen and oxygen atoms in total. The van der Waals surface area contributed by atoms with Crippen LogP contribution in [0.4, 0.5) is 10.7 Å². The lowest BCUT2D eigenvalue weighted by Crippen LogP contribution is -2.41. The molecule has 138 valence electrons. The highest BCUT2D eigenvalue weighted by atomic mass is 16.5. The van der Waals surface area contributed by atoms with E-state index < -0.39 is 31.0 Å². The van der Waals surface area contributed by atoms with E-state index in [0.29, 0.717) is 11.0 Å². The van der Waals surface area contributed by atoms with E-state index in [9.17, 15) is 20.1 Å². The first-order chi connectivity index (χ1) is 11.8. The van der Waals surface area contributed by atoms with Crippen molar-refractivity contribution in [3.63, 3.8) is 0 Å². The number of aromatic nitrogens is 2. The second-order valence-corrected chi connectivity index (χ2v) is 5.90. The summed E-state index contributed by atoms with van der Waals surface area (Å²) in [5, 5.41) is 40.9. The van der Waals surface area contributed by atoms with E-state index in [1.54, 1.807) is 0 Å². The fraction of sp³-hybridized carbons (Fsp3) is 0.500. The second kappa shape index (κ2) is 7.79. The fourth-order valence-corrected chi connectivity index (χ4v) is 2.46. The zero-order chi connectivity index (χ0) is 18.7. The molecule has 0 radical (unpaired) electrons. The number of aryl methyl sites for hydroxylation is 2. The number of aliphatic hydroxyl groups excluding tert-OH is 4. The van der Waals surface area contributed by atoms with E-state index >= 15 is 0 Å². The molecule has 0 saturated carbocycles. The van der Waals surface area contributed by atoms with Crippen LogP contribution in [-0.4, -0.2) is 68.1 Å². The van der Waals surface area contributed by atoms with Gasteiger partial charge in [0, 0.05) is 0 Å². The summed E-state index contributed by atoms with van der Waals surface area (Å²) in [6.07, 6.45) is -5.15. The summed E-state index contributed by atoms with van der Waals surface area (Å²) in [4.78, 5) is 15.9. The summed E-state index contributed by atoms with van der Waals surface area (Å²) in [5.41, 5.74) is 3.24. The molecule has 0 saturated heterocycles. The molecule has 1 amide bonds. The minimum absolute atomic E-state index is 0.136. The predicted octanol–water partition coefficient (Wildman–Crippen LogP) is -0.0936. The average Bonchev–Trinajstić information content (AvgIpc) is 2.90. The Morgan fingerprint density at radius 2 is 1.88 bits per heavy atom. The van der Waals surface area contributed by atoms with Crippen LogP contribution in [-0.2, 0) is 11.3 Å². The second-order valence-electron chi connectivity index (χ2n) is 5.90. The third kappa shape index (κ3) is 4.07. The standard InChI is InChI=1S/C16H23N3O6/c1-8-4-10-11(5-9(8)2)19(15(17-10)18-16(24)25-3)6-12(21)14(23)13(22)7-20/h4-5,12-14,20-23H,6-7H2,1-3H3,(H,17,18,24)/t12-,13+,14+/m0/s1. The number of aliphatic hydroxyl groups is 4. The highest BCUT2D eigenvalue weighted by Crippen LogP contribution is 2.24. The number of fused-ring (bicyclic) bond motifs is 1. The molecule has 1 heterocycles. The van der Waals surface area contributed by atoms with Gasteiger partial charge in [0.25, 0.3) is 0 Å². The van der Waals surface area contributed by atoms with Gasteiger partial charge in [-0.05, 0) is 37.1 Å². The molecule has 0 unspecified atom stereocenters. The third-order valence-electron chi connectivity index (χ3n) is 4.11. The molecule has 3 atom stereocenters. The van der Waals surface area contributed by atoms with E-state index in [1.165, 1.54) is 11.7 Å². The number of carbonyl (C=O) groups excluding carboxylic acids is 1. The van der Waals surface area contributed by atoms with Gasteiger partial charge in [0.15, 0.2) is 0 Å². The molecule has 0 aliphatic rings. The number of amides is 1. The normalized spacial score (nSPS) is 15.0. The monoisotopic (exact) mass is 353 g/mol. The Morgan fingerprint density at radius 1 is 1.24 bits per heavy atom. The molecule has 0 bridgehead atoms. The molecular weight excluding hydrogens is 330 g/mol. The lowest BCUT2D eigenvalue weighted by atomic mass is 10.1. The first-order valence-corrected chi connectivity index (χ1v) is 7.76. The summed E-state index contributed by atoms with van der Waals surface area (Å²) in [5.74, 6) is 0.136. The molecule has 5 N–H and O–H groups in total. The van der Waals surface area contributed by atoms with Crippen LogP contribution in [0, 0.1) is 13.8 Å². The van der Waals surface area contributed by atoms with Crippen molar-refractivity contribution < 1.29 is 30.0 Å². The summed E-state index contributed by atoms with van der Waals surface area (Å²) in [6, 6.07) is 3.69. The van der Waals surface area contributed by atoms with E-state index in [2.05, 4.69) is 15.0 Å². The smallest absolute Gasteiger partial charge is 0.413 e. The van der Waals surface area contributed by atoms with Crippen molar-refractivity contribution in [3.05, 3.63) is 23.3 Å².